The van der Waals surface area contributed by atoms with E-state index in [0.717, 1.165) is 16.7 Å². The number of fused-ring (bicyclic) bond motifs is 2. The van der Waals surface area contributed by atoms with E-state index in [4.69, 9.17) is 0 Å². The molecule has 0 spiro atoms. The molecule has 0 heterocycles. The molecule has 2 aromatic carbocycles. The summed E-state index contributed by atoms with van der Waals surface area (Å²) >= 11 is 0. The molecule has 24 heavy (non-hydrogen) atoms. The first-order valence-corrected chi connectivity index (χ1v) is 8.15. The zero-order valence-corrected chi connectivity index (χ0v) is 13.1. The second-order valence-corrected chi connectivity index (χ2v) is 6.84. The van der Waals surface area contributed by atoms with Crippen molar-refractivity contribution in [1.82, 2.24) is 0 Å². The maximum Gasteiger partial charge on any atom is 0.315 e. The first kappa shape index (κ1) is 14.9. The largest absolute Gasteiger partial charge is 0.481 e. The van der Waals surface area contributed by atoms with Crippen molar-refractivity contribution in [2.24, 2.45) is 5.92 Å². The SMILES string of the molecule is O=C(O)C1CC[C@]2(C(=O)O)c3ccc(cc3)[C@@]2(c2ccccc2)C1. The summed E-state index contributed by atoms with van der Waals surface area (Å²) in [4.78, 5) is 24.2. The Balaban J connectivity index is 2.04. The van der Waals surface area contributed by atoms with Crippen molar-refractivity contribution in [2.45, 2.75) is 30.1 Å². The molecule has 4 nitrogen and oxygen atoms in total. The summed E-state index contributed by atoms with van der Waals surface area (Å²) in [6, 6.07) is 17.2. The van der Waals surface area contributed by atoms with Crippen molar-refractivity contribution in [3.8, 4) is 0 Å². The third-order valence-electron chi connectivity index (χ3n) is 6.00. The summed E-state index contributed by atoms with van der Waals surface area (Å²) in [6.45, 7) is 0. The van der Waals surface area contributed by atoms with E-state index in [1.807, 2.05) is 54.6 Å². The topological polar surface area (TPSA) is 74.6 Å². The standard InChI is InChI=1S/C20H18O4/c21-17(22)13-10-11-19(18(23)24)15-6-8-16(9-7-15)20(19,12-13)14-4-2-1-3-5-14/h1-9,13H,10-12H2,(H,21,22)(H,23,24)/t13?,19-,20+/m1/s1. The molecular formula is C20H18O4. The third kappa shape index (κ3) is 1.63. The first-order chi connectivity index (χ1) is 11.5. The molecule has 2 N–H and O–H groups in total. The summed E-state index contributed by atoms with van der Waals surface area (Å²) in [5.41, 5.74) is 0.661. The minimum absolute atomic E-state index is 0.312. The van der Waals surface area contributed by atoms with Crippen molar-refractivity contribution in [3.63, 3.8) is 0 Å². The number of hydrogen-bond acceptors (Lipinski definition) is 2. The molecule has 1 unspecified atom stereocenters. The predicted octanol–water partition coefficient (Wildman–Crippen LogP) is 3.19. The van der Waals surface area contributed by atoms with Crippen molar-refractivity contribution in [3.05, 3.63) is 71.3 Å². The van der Waals surface area contributed by atoms with Crippen LogP contribution in [0.1, 0.15) is 36.0 Å². The van der Waals surface area contributed by atoms with Gasteiger partial charge in [0.05, 0.1) is 5.92 Å². The number of carboxylic acid groups (broad SMARTS) is 2. The zero-order chi connectivity index (χ0) is 16.9. The number of rotatable bonds is 3. The summed E-state index contributed by atoms with van der Waals surface area (Å²) < 4.78 is 0. The highest BCUT2D eigenvalue weighted by Gasteiger charge is 2.64. The molecule has 1 fully saturated rings. The molecule has 1 saturated carbocycles. The average Bonchev–Trinajstić information content (AvgIpc) is 2.62. The molecule has 5 rings (SSSR count). The summed E-state index contributed by atoms with van der Waals surface area (Å²) in [5.74, 6) is -2.24. The average molecular weight is 322 g/mol. The summed E-state index contributed by atoms with van der Waals surface area (Å²) in [5, 5.41) is 19.8. The van der Waals surface area contributed by atoms with Gasteiger partial charge < -0.3 is 10.2 Å². The molecular weight excluding hydrogens is 304 g/mol. The van der Waals surface area contributed by atoms with Crippen LogP contribution < -0.4 is 0 Å². The lowest BCUT2D eigenvalue weighted by Crippen LogP contribution is -2.60. The monoisotopic (exact) mass is 322 g/mol. The predicted molar refractivity (Wildman–Crippen MR) is 88.0 cm³/mol. The molecule has 0 aliphatic heterocycles. The molecule has 0 aromatic heterocycles. The van der Waals surface area contributed by atoms with E-state index in [1.165, 1.54) is 0 Å². The summed E-state index contributed by atoms with van der Waals surface area (Å²) in [6.07, 6.45) is 1.03. The van der Waals surface area contributed by atoms with Crippen molar-refractivity contribution in [2.75, 3.05) is 0 Å². The highest BCUT2D eigenvalue weighted by molar-refractivity contribution is 5.88. The molecule has 3 aliphatic rings. The van der Waals surface area contributed by atoms with Crippen LogP contribution in [0.5, 0.6) is 0 Å². The molecule has 3 aliphatic carbocycles. The van der Waals surface area contributed by atoms with Crippen molar-refractivity contribution in [1.29, 1.82) is 0 Å². The maximum atomic E-state index is 12.5. The maximum absolute atomic E-state index is 12.5. The molecule has 4 heteroatoms. The normalized spacial score (nSPS) is 30.6. The molecule has 0 radical (unpaired) electrons. The highest BCUT2D eigenvalue weighted by Crippen LogP contribution is 2.61. The van der Waals surface area contributed by atoms with Gasteiger partial charge in [0.1, 0.15) is 5.41 Å². The van der Waals surface area contributed by atoms with Gasteiger partial charge in [-0.05, 0) is 36.0 Å². The van der Waals surface area contributed by atoms with Crippen LogP contribution in [0, 0.1) is 5.92 Å². The van der Waals surface area contributed by atoms with Gasteiger partial charge in [0.25, 0.3) is 0 Å². The van der Waals surface area contributed by atoms with Crippen molar-refractivity contribution < 1.29 is 19.8 Å². The fraction of sp³-hybridized carbons (Fsp3) is 0.300. The molecule has 2 aromatic rings. The third-order valence-corrected chi connectivity index (χ3v) is 6.00. The van der Waals surface area contributed by atoms with Gasteiger partial charge in [0, 0.05) is 5.41 Å². The Morgan fingerprint density at radius 1 is 0.875 bits per heavy atom. The van der Waals surface area contributed by atoms with Gasteiger partial charge in [-0.3, -0.25) is 9.59 Å². The van der Waals surface area contributed by atoms with Crippen LogP contribution >= 0.6 is 0 Å². The second kappa shape index (κ2) is 4.94. The van der Waals surface area contributed by atoms with E-state index in [-0.39, 0.29) is 0 Å². The minimum atomic E-state index is -1.08. The molecule has 2 bridgehead atoms. The van der Waals surface area contributed by atoms with Gasteiger partial charge in [0.15, 0.2) is 0 Å². The highest BCUT2D eigenvalue weighted by atomic mass is 16.4. The fourth-order valence-corrected chi connectivity index (χ4v) is 4.92. The van der Waals surface area contributed by atoms with Crippen LogP contribution in [-0.4, -0.2) is 22.2 Å². The van der Waals surface area contributed by atoms with E-state index in [2.05, 4.69) is 0 Å². The molecule has 0 amide bonds. The number of benzene rings is 2. The van der Waals surface area contributed by atoms with Gasteiger partial charge in [-0.1, -0.05) is 54.6 Å². The van der Waals surface area contributed by atoms with Gasteiger partial charge >= 0.3 is 11.9 Å². The molecule has 122 valence electrons. The number of hydrogen-bond donors (Lipinski definition) is 2. The van der Waals surface area contributed by atoms with Crippen LogP contribution in [0.15, 0.2) is 54.6 Å². The summed E-state index contributed by atoms with van der Waals surface area (Å²) in [7, 11) is 0. The van der Waals surface area contributed by atoms with Gasteiger partial charge in [0.2, 0.25) is 0 Å². The minimum Gasteiger partial charge on any atom is -0.481 e. The Morgan fingerprint density at radius 3 is 2.04 bits per heavy atom. The van der Waals surface area contributed by atoms with Gasteiger partial charge in [-0.25, -0.2) is 0 Å². The van der Waals surface area contributed by atoms with Crippen LogP contribution in [0.25, 0.3) is 0 Å². The Bertz CT molecular complexity index is 811. The van der Waals surface area contributed by atoms with E-state index >= 15 is 0 Å². The van der Waals surface area contributed by atoms with Crippen LogP contribution in [0.4, 0.5) is 0 Å². The van der Waals surface area contributed by atoms with Gasteiger partial charge in [-0.15, -0.1) is 0 Å². The fourth-order valence-electron chi connectivity index (χ4n) is 4.92. The van der Waals surface area contributed by atoms with E-state index < -0.39 is 28.7 Å². The lowest BCUT2D eigenvalue weighted by Gasteiger charge is -2.56. The van der Waals surface area contributed by atoms with Crippen LogP contribution in [0.2, 0.25) is 0 Å². The quantitative estimate of drug-likeness (QED) is 0.910. The Hall–Kier alpha value is -2.62. The lowest BCUT2D eigenvalue weighted by molar-refractivity contribution is -0.154. The van der Waals surface area contributed by atoms with E-state index in [1.54, 1.807) is 0 Å². The number of carbonyl (C=O) groups is 2. The molecule has 3 atom stereocenters. The zero-order valence-electron chi connectivity index (χ0n) is 13.1. The Morgan fingerprint density at radius 2 is 1.46 bits per heavy atom. The number of carboxylic acids is 2. The van der Waals surface area contributed by atoms with Crippen LogP contribution in [-0.2, 0) is 20.4 Å². The van der Waals surface area contributed by atoms with E-state index in [9.17, 15) is 19.8 Å². The molecule has 0 saturated heterocycles. The van der Waals surface area contributed by atoms with Crippen LogP contribution in [0.3, 0.4) is 0 Å². The Labute approximate surface area is 139 Å². The smallest absolute Gasteiger partial charge is 0.315 e. The van der Waals surface area contributed by atoms with Crippen molar-refractivity contribution >= 4 is 11.9 Å². The van der Waals surface area contributed by atoms with Gasteiger partial charge in [-0.2, -0.15) is 0 Å². The number of aliphatic carboxylic acids is 2. The Kier molecular flexibility index (Phi) is 3.07. The lowest BCUT2D eigenvalue weighted by atomic mass is 9.44. The first-order valence-electron chi connectivity index (χ1n) is 8.15. The second-order valence-electron chi connectivity index (χ2n) is 6.84. The van der Waals surface area contributed by atoms with E-state index in [0.29, 0.717) is 19.3 Å².